The first kappa shape index (κ1) is 25.2. The van der Waals surface area contributed by atoms with Crippen molar-refractivity contribution in [2.45, 2.75) is 51.7 Å². The number of hydrogen-bond acceptors (Lipinski definition) is 5. The Morgan fingerprint density at radius 3 is 2.71 bits per heavy atom. The predicted octanol–water partition coefficient (Wildman–Crippen LogP) is 3.93. The van der Waals surface area contributed by atoms with Crippen molar-refractivity contribution < 1.29 is 36.6 Å². The van der Waals surface area contributed by atoms with Gasteiger partial charge in [0, 0.05) is 32.7 Å². The highest BCUT2D eigenvalue weighted by molar-refractivity contribution is 5.97. The molecule has 1 spiro atoms. The van der Waals surface area contributed by atoms with Crippen LogP contribution in [0, 0.1) is 11.2 Å². The smallest absolute Gasteiger partial charge is 0.419 e. The fourth-order valence-electron chi connectivity index (χ4n) is 4.69. The molecule has 0 saturated carbocycles. The van der Waals surface area contributed by atoms with Crippen LogP contribution < -0.4 is 5.32 Å². The largest absolute Gasteiger partial charge is 0.462 e. The van der Waals surface area contributed by atoms with E-state index in [4.69, 9.17) is 9.47 Å². The number of carbonyl (C=O) groups excluding carboxylic acids is 2. The number of aromatic nitrogens is 2. The first-order chi connectivity index (χ1) is 16.6. The van der Waals surface area contributed by atoms with Gasteiger partial charge in [0.05, 0.1) is 34.7 Å². The maximum atomic E-state index is 13.5. The predicted molar refractivity (Wildman–Crippen MR) is 116 cm³/mol. The van der Waals surface area contributed by atoms with E-state index >= 15 is 0 Å². The van der Waals surface area contributed by atoms with E-state index in [0.29, 0.717) is 69.0 Å². The summed E-state index contributed by atoms with van der Waals surface area (Å²) in [6, 6.07) is 2.01. The molecule has 0 aliphatic carbocycles. The van der Waals surface area contributed by atoms with Crippen LogP contribution in [-0.4, -0.2) is 48.0 Å². The fraction of sp³-hybridized carbons (Fsp3) is 0.542. The molecule has 0 radical (unpaired) electrons. The Labute approximate surface area is 199 Å². The molecule has 0 atom stereocenters. The van der Waals surface area contributed by atoms with Crippen molar-refractivity contribution in [3.8, 4) is 0 Å². The van der Waals surface area contributed by atoms with Crippen LogP contribution >= 0.6 is 0 Å². The Morgan fingerprint density at radius 1 is 1.29 bits per heavy atom. The topological polar surface area (TPSA) is 82.5 Å². The van der Waals surface area contributed by atoms with Gasteiger partial charge < -0.3 is 14.8 Å². The van der Waals surface area contributed by atoms with Gasteiger partial charge in [0.25, 0.3) is 5.91 Å². The minimum absolute atomic E-state index is 0.0706. The maximum absolute atomic E-state index is 13.5. The molecule has 2 aromatic rings. The van der Waals surface area contributed by atoms with Gasteiger partial charge in [-0.2, -0.15) is 18.3 Å². The molecule has 1 aromatic carbocycles. The van der Waals surface area contributed by atoms with Gasteiger partial charge in [-0.25, -0.2) is 9.18 Å². The summed E-state index contributed by atoms with van der Waals surface area (Å²) in [6.07, 6.45) is -1.66. The lowest BCUT2D eigenvalue weighted by Crippen LogP contribution is -2.40. The van der Waals surface area contributed by atoms with E-state index in [1.807, 2.05) is 6.92 Å². The third-order valence-electron chi connectivity index (χ3n) is 6.67. The number of halogens is 4. The number of aryl methyl sites for hydroxylation is 2. The standard InChI is InChI=1S/C24H27F4N3O4/c1-2-18-20-19(13-23(14-29-21(20)32)6-10-34-11-7-23)31(30-18)8-3-9-35-22(33)15-4-5-17(25)16(12-15)24(26,27)28/h4-5,12H,2-3,6-11,13-14H2,1H3,(H,29,32). The number of nitrogens with zero attached hydrogens (tertiary/aromatic N) is 2. The van der Waals surface area contributed by atoms with Crippen molar-refractivity contribution in [2.24, 2.45) is 5.41 Å². The Bertz CT molecular complexity index is 1110. The molecule has 35 heavy (non-hydrogen) atoms. The van der Waals surface area contributed by atoms with E-state index in [1.54, 1.807) is 4.68 Å². The molecule has 1 aromatic heterocycles. The van der Waals surface area contributed by atoms with Gasteiger partial charge >= 0.3 is 12.1 Å². The van der Waals surface area contributed by atoms with Gasteiger partial charge in [0.1, 0.15) is 5.82 Å². The minimum atomic E-state index is -4.91. The average molecular weight is 497 g/mol. The summed E-state index contributed by atoms with van der Waals surface area (Å²) < 4.78 is 64.6. The van der Waals surface area contributed by atoms with Gasteiger partial charge in [0.2, 0.25) is 0 Å². The van der Waals surface area contributed by atoms with E-state index in [1.165, 1.54) is 0 Å². The lowest BCUT2D eigenvalue weighted by atomic mass is 9.76. The third kappa shape index (κ3) is 5.34. The zero-order chi connectivity index (χ0) is 25.2. The van der Waals surface area contributed by atoms with Crippen LogP contribution in [0.25, 0.3) is 0 Å². The zero-order valence-corrected chi connectivity index (χ0v) is 19.3. The summed E-state index contributed by atoms with van der Waals surface area (Å²) >= 11 is 0. The summed E-state index contributed by atoms with van der Waals surface area (Å²) in [5.41, 5.74) is 0.145. The first-order valence-electron chi connectivity index (χ1n) is 11.6. The quantitative estimate of drug-likeness (QED) is 0.372. The maximum Gasteiger partial charge on any atom is 0.419 e. The molecule has 1 N–H and O–H groups in total. The highest BCUT2D eigenvalue weighted by Crippen LogP contribution is 2.37. The monoisotopic (exact) mass is 497 g/mol. The molecular weight excluding hydrogens is 470 g/mol. The number of nitrogens with one attached hydrogen (secondary N) is 1. The number of benzene rings is 1. The van der Waals surface area contributed by atoms with Crippen molar-refractivity contribution in [3.05, 3.63) is 52.1 Å². The second kappa shape index (κ2) is 9.96. The van der Waals surface area contributed by atoms with Crippen molar-refractivity contribution in [2.75, 3.05) is 26.4 Å². The molecule has 4 rings (SSSR count). The molecular formula is C24H27F4N3O4. The van der Waals surface area contributed by atoms with Crippen LogP contribution in [0.3, 0.4) is 0 Å². The second-order valence-corrected chi connectivity index (χ2v) is 9.00. The summed E-state index contributed by atoms with van der Waals surface area (Å²) in [7, 11) is 0. The number of hydrogen-bond donors (Lipinski definition) is 1. The summed E-state index contributed by atoms with van der Waals surface area (Å²) in [5, 5.41) is 7.67. The van der Waals surface area contributed by atoms with Crippen LogP contribution in [0.4, 0.5) is 17.6 Å². The highest BCUT2D eigenvalue weighted by atomic mass is 19.4. The number of fused-ring (bicyclic) bond motifs is 1. The SMILES string of the molecule is CCc1nn(CCCOC(=O)c2ccc(F)c(C(F)(F)F)c2)c2c1C(=O)NCC1(CCOCC1)C2. The molecule has 0 bridgehead atoms. The number of ether oxygens (including phenoxy) is 2. The fourth-order valence-corrected chi connectivity index (χ4v) is 4.69. The van der Waals surface area contributed by atoms with E-state index in [2.05, 4.69) is 10.4 Å². The lowest BCUT2D eigenvalue weighted by molar-refractivity contribution is -0.140. The first-order valence-corrected chi connectivity index (χ1v) is 11.6. The van der Waals surface area contributed by atoms with Crippen LogP contribution in [0.2, 0.25) is 0 Å². The van der Waals surface area contributed by atoms with E-state index in [0.717, 1.165) is 24.6 Å². The average Bonchev–Trinajstić information content (AvgIpc) is 3.10. The number of alkyl halides is 3. The molecule has 2 aliphatic rings. The summed E-state index contributed by atoms with van der Waals surface area (Å²) in [6.45, 7) is 4.06. The van der Waals surface area contributed by atoms with Gasteiger partial charge in [-0.3, -0.25) is 9.48 Å². The summed E-state index contributed by atoms with van der Waals surface area (Å²) in [4.78, 5) is 25.1. The van der Waals surface area contributed by atoms with Crippen LogP contribution in [0.15, 0.2) is 18.2 Å². The van der Waals surface area contributed by atoms with Crippen molar-refractivity contribution in [1.82, 2.24) is 15.1 Å². The third-order valence-corrected chi connectivity index (χ3v) is 6.67. The molecule has 2 aliphatic heterocycles. The molecule has 0 unspecified atom stereocenters. The number of amides is 1. The lowest BCUT2D eigenvalue weighted by Gasteiger charge is -2.36. The zero-order valence-electron chi connectivity index (χ0n) is 19.3. The molecule has 190 valence electrons. The van der Waals surface area contributed by atoms with Crippen molar-refractivity contribution in [3.63, 3.8) is 0 Å². The van der Waals surface area contributed by atoms with Gasteiger partial charge in [0.15, 0.2) is 0 Å². The van der Waals surface area contributed by atoms with Crippen LogP contribution in [0.1, 0.15) is 63.9 Å². The Kier molecular flexibility index (Phi) is 7.16. The molecule has 1 saturated heterocycles. The van der Waals surface area contributed by atoms with E-state index < -0.39 is 23.5 Å². The number of esters is 1. The van der Waals surface area contributed by atoms with Gasteiger partial charge in [-0.1, -0.05) is 6.92 Å². The van der Waals surface area contributed by atoms with E-state index in [9.17, 15) is 27.2 Å². The van der Waals surface area contributed by atoms with Crippen molar-refractivity contribution in [1.29, 1.82) is 0 Å². The molecule has 11 heteroatoms. The van der Waals surface area contributed by atoms with Crippen molar-refractivity contribution >= 4 is 11.9 Å². The Morgan fingerprint density at radius 2 is 2.03 bits per heavy atom. The molecule has 3 heterocycles. The van der Waals surface area contributed by atoms with Crippen LogP contribution in [-0.2, 0) is 35.0 Å². The molecule has 1 fully saturated rings. The highest BCUT2D eigenvalue weighted by Gasteiger charge is 2.39. The molecule has 7 nitrogen and oxygen atoms in total. The number of rotatable bonds is 6. The van der Waals surface area contributed by atoms with E-state index in [-0.39, 0.29) is 23.5 Å². The van der Waals surface area contributed by atoms with Gasteiger partial charge in [-0.15, -0.1) is 0 Å². The Balaban J connectivity index is 1.44. The minimum Gasteiger partial charge on any atom is -0.462 e. The van der Waals surface area contributed by atoms with Crippen LogP contribution in [0.5, 0.6) is 0 Å². The molecule has 1 amide bonds. The normalized spacial score (nSPS) is 17.6. The number of carbonyl (C=O) groups is 2. The second-order valence-electron chi connectivity index (χ2n) is 9.00. The summed E-state index contributed by atoms with van der Waals surface area (Å²) in [5.74, 6) is -2.56. The Hall–Kier alpha value is -2.95. The van der Waals surface area contributed by atoms with Gasteiger partial charge in [-0.05, 0) is 49.3 Å².